The molecule has 0 radical (unpaired) electrons. The topological polar surface area (TPSA) is 59.2 Å². The highest BCUT2D eigenvalue weighted by Gasteiger charge is 2.27. The molecule has 0 atom stereocenters. The molecule has 2 aromatic carbocycles. The van der Waals surface area contributed by atoms with Crippen LogP contribution in [0.25, 0.3) is 0 Å². The van der Waals surface area contributed by atoms with Gasteiger partial charge in [0.2, 0.25) is 5.91 Å². The second kappa shape index (κ2) is 7.75. The Morgan fingerprint density at radius 3 is 2.00 bits per heavy atom. The van der Waals surface area contributed by atoms with E-state index in [9.17, 15) is 4.79 Å². The first-order valence-corrected chi connectivity index (χ1v) is 8.37. The number of aromatic nitrogens is 2. The van der Waals surface area contributed by atoms with Gasteiger partial charge in [-0.2, -0.15) is 0 Å². The zero-order valence-corrected chi connectivity index (χ0v) is 14.4. The van der Waals surface area contributed by atoms with Crippen molar-refractivity contribution in [2.45, 2.75) is 26.3 Å². The van der Waals surface area contributed by atoms with Crippen LogP contribution in [0.2, 0.25) is 0 Å². The van der Waals surface area contributed by atoms with E-state index in [0.29, 0.717) is 24.5 Å². The number of likely N-dealkylation sites (N-methyl/N-ethyl adjacent to an activating group) is 1. The van der Waals surface area contributed by atoms with Crippen molar-refractivity contribution in [2.75, 3.05) is 6.54 Å². The summed E-state index contributed by atoms with van der Waals surface area (Å²) in [7, 11) is 0. The Hall–Kier alpha value is -2.95. The molecule has 0 saturated heterocycles. The minimum absolute atomic E-state index is 0.0438. The van der Waals surface area contributed by atoms with Crippen molar-refractivity contribution >= 4 is 5.91 Å². The molecule has 0 aliphatic carbocycles. The van der Waals surface area contributed by atoms with E-state index in [1.165, 1.54) is 0 Å². The molecule has 25 heavy (non-hydrogen) atoms. The fraction of sp³-hybridized carbons (Fsp3) is 0.250. The van der Waals surface area contributed by atoms with Gasteiger partial charge in [-0.1, -0.05) is 71.0 Å². The van der Waals surface area contributed by atoms with Gasteiger partial charge in [-0.3, -0.25) is 4.79 Å². The van der Waals surface area contributed by atoms with Gasteiger partial charge in [-0.25, -0.2) is 4.63 Å². The normalized spacial score (nSPS) is 10.8. The van der Waals surface area contributed by atoms with E-state index in [1.807, 2.05) is 74.5 Å². The van der Waals surface area contributed by atoms with Crippen LogP contribution in [0.3, 0.4) is 0 Å². The van der Waals surface area contributed by atoms with Crippen LogP contribution in [0.15, 0.2) is 65.3 Å². The molecule has 0 unspecified atom stereocenters. The Labute approximate surface area is 147 Å². The summed E-state index contributed by atoms with van der Waals surface area (Å²) in [6.45, 7) is 4.77. The Morgan fingerprint density at radius 1 is 1.00 bits per heavy atom. The monoisotopic (exact) mass is 335 g/mol. The maximum absolute atomic E-state index is 13.4. The van der Waals surface area contributed by atoms with Crippen molar-refractivity contribution in [3.05, 3.63) is 83.2 Å². The van der Waals surface area contributed by atoms with Crippen molar-refractivity contribution in [3.63, 3.8) is 0 Å². The minimum atomic E-state index is -0.345. The molecule has 3 rings (SSSR count). The summed E-state index contributed by atoms with van der Waals surface area (Å²) in [5.74, 6) is -0.301. The average Bonchev–Trinajstić information content (AvgIpc) is 3.06. The minimum Gasteiger partial charge on any atom is -0.336 e. The molecule has 0 N–H and O–H groups in total. The average molecular weight is 335 g/mol. The van der Waals surface area contributed by atoms with E-state index < -0.39 is 0 Å². The zero-order chi connectivity index (χ0) is 17.6. The van der Waals surface area contributed by atoms with Gasteiger partial charge in [0.1, 0.15) is 11.4 Å². The molecule has 0 saturated carbocycles. The number of carbonyl (C=O) groups excluding carboxylic acids is 1. The van der Waals surface area contributed by atoms with Crippen LogP contribution in [0.5, 0.6) is 0 Å². The first kappa shape index (κ1) is 16.9. The lowest BCUT2D eigenvalue weighted by Crippen LogP contribution is -2.35. The summed E-state index contributed by atoms with van der Waals surface area (Å²) in [5, 5.41) is 7.71. The van der Waals surface area contributed by atoms with E-state index in [2.05, 4.69) is 10.3 Å². The first-order chi connectivity index (χ1) is 12.2. The summed E-state index contributed by atoms with van der Waals surface area (Å²) in [5.41, 5.74) is 3.36. The smallest absolute Gasteiger partial charge is 0.234 e. The van der Waals surface area contributed by atoms with Crippen LogP contribution >= 0.6 is 0 Å². The Kier molecular flexibility index (Phi) is 5.23. The number of benzene rings is 2. The summed E-state index contributed by atoms with van der Waals surface area (Å²) in [4.78, 5) is 15.1. The molecule has 1 heterocycles. The summed E-state index contributed by atoms with van der Waals surface area (Å²) in [6.07, 6.45) is 0. The van der Waals surface area contributed by atoms with Gasteiger partial charge in [0.05, 0.1) is 12.5 Å². The quantitative estimate of drug-likeness (QED) is 0.691. The lowest BCUT2D eigenvalue weighted by atomic mass is 9.90. The standard InChI is InChI=1S/C20H21N3O2/c1-3-23(14-18-15(2)21-25-22-18)20(24)19(16-10-6-4-7-11-16)17-12-8-5-9-13-17/h4-13,19H,3,14H2,1-2H3. The molecule has 5 nitrogen and oxygen atoms in total. The molecule has 0 aliphatic rings. The molecule has 128 valence electrons. The van der Waals surface area contributed by atoms with Crippen LogP contribution in [0, 0.1) is 6.92 Å². The molecular weight excluding hydrogens is 314 g/mol. The molecule has 0 aliphatic heterocycles. The van der Waals surface area contributed by atoms with Gasteiger partial charge in [0.15, 0.2) is 0 Å². The largest absolute Gasteiger partial charge is 0.336 e. The van der Waals surface area contributed by atoms with E-state index in [1.54, 1.807) is 4.90 Å². The van der Waals surface area contributed by atoms with E-state index >= 15 is 0 Å². The lowest BCUT2D eigenvalue weighted by Gasteiger charge is -2.26. The number of nitrogens with zero attached hydrogens (tertiary/aromatic N) is 3. The highest BCUT2D eigenvalue weighted by atomic mass is 16.6. The third-order valence-corrected chi connectivity index (χ3v) is 4.29. The molecule has 1 amide bonds. The van der Waals surface area contributed by atoms with Crippen molar-refractivity contribution in [1.82, 2.24) is 15.2 Å². The highest BCUT2D eigenvalue weighted by molar-refractivity contribution is 5.87. The number of aryl methyl sites for hydroxylation is 1. The van der Waals surface area contributed by atoms with Crippen LogP contribution in [0.1, 0.15) is 35.4 Å². The SMILES string of the molecule is CCN(Cc1nonc1C)C(=O)C(c1ccccc1)c1ccccc1. The third-order valence-electron chi connectivity index (χ3n) is 4.29. The number of carbonyl (C=O) groups is 1. The summed E-state index contributed by atoms with van der Waals surface area (Å²) < 4.78 is 4.76. The fourth-order valence-corrected chi connectivity index (χ4v) is 2.87. The van der Waals surface area contributed by atoms with Crippen LogP contribution in [-0.2, 0) is 11.3 Å². The van der Waals surface area contributed by atoms with Gasteiger partial charge < -0.3 is 4.90 Å². The number of rotatable bonds is 6. The lowest BCUT2D eigenvalue weighted by molar-refractivity contribution is -0.132. The first-order valence-electron chi connectivity index (χ1n) is 8.37. The number of hydrogen-bond acceptors (Lipinski definition) is 4. The van der Waals surface area contributed by atoms with Gasteiger partial charge >= 0.3 is 0 Å². The molecule has 5 heteroatoms. The fourth-order valence-electron chi connectivity index (χ4n) is 2.87. The number of amides is 1. The Balaban J connectivity index is 1.94. The maximum atomic E-state index is 13.4. The Morgan fingerprint density at radius 2 is 1.56 bits per heavy atom. The molecule has 0 fully saturated rings. The maximum Gasteiger partial charge on any atom is 0.234 e. The van der Waals surface area contributed by atoms with Crippen molar-refractivity contribution in [1.29, 1.82) is 0 Å². The summed E-state index contributed by atoms with van der Waals surface area (Å²) in [6, 6.07) is 19.7. The molecular formula is C20H21N3O2. The van der Waals surface area contributed by atoms with Crippen molar-refractivity contribution < 1.29 is 9.42 Å². The third kappa shape index (κ3) is 3.76. The number of hydrogen-bond donors (Lipinski definition) is 0. The van der Waals surface area contributed by atoms with Crippen molar-refractivity contribution in [3.8, 4) is 0 Å². The van der Waals surface area contributed by atoms with Crippen LogP contribution in [-0.4, -0.2) is 27.7 Å². The van der Waals surface area contributed by atoms with Gasteiger partial charge in [-0.05, 0) is 25.0 Å². The van der Waals surface area contributed by atoms with Crippen LogP contribution in [0.4, 0.5) is 0 Å². The molecule has 0 spiro atoms. The van der Waals surface area contributed by atoms with Gasteiger partial charge in [-0.15, -0.1) is 0 Å². The molecule has 3 aromatic rings. The second-order valence-electron chi connectivity index (χ2n) is 5.90. The molecule has 0 bridgehead atoms. The van der Waals surface area contributed by atoms with Crippen molar-refractivity contribution in [2.24, 2.45) is 0 Å². The Bertz CT molecular complexity index is 776. The molecule has 1 aromatic heterocycles. The van der Waals surface area contributed by atoms with E-state index in [4.69, 9.17) is 4.63 Å². The van der Waals surface area contributed by atoms with E-state index in [-0.39, 0.29) is 11.8 Å². The van der Waals surface area contributed by atoms with Crippen LogP contribution < -0.4 is 0 Å². The predicted octanol–water partition coefficient (Wildman–Crippen LogP) is 3.56. The zero-order valence-electron chi connectivity index (χ0n) is 14.4. The second-order valence-corrected chi connectivity index (χ2v) is 5.90. The highest BCUT2D eigenvalue weighted by Crippen LogP contribution is 2.27. The van der Waals surface area contributed by atoms with E-state index in [0.717, 1.165) is 11.1 Å². The predicted molar refractivity (Wildman–Crippen MR) is 94.9 cm³/mol. The van der Waals surface area contributed by atoms with Gasteiger partial charge in [0.25, 0.3) is 0 Å². The van der Waals surface area contributed by atoms with Gasteiger partial charge in [0, 0.05) is 6.54 Å². The summed E-state index contributed by atoms with van der Waals surface area (Å²) >= 11 is 0.